The standard InChI is InChI=1S/C15H19NO/c1-5-8-11(2)16-14-12-9-6-7-10-13(12)17-15(14,3)4/h1,6-7,9-11,14,16H,8H2,2-4H3. The number of fused-ring (bicyclic) bond motifs is 1. The van der Waals surface area contributed by atoms with Crippen molar-refractivity contribution in [2.75, 3.05) is 0 Å². The highest BCUT2D eigenvalue weighted by Gasteiger charge is 2.41. The fraction of sp³-hybridized carbons (Fsp3) is 0.467. The Hall–Kier alpha value is -1.46. The number of terminal acetylenes is 1. The third-order valence-corrected chi connectivity index (χ3v) is 3.17. The molecule has 1 aliphatic heterocycles. The molecular weight excluding hydrogens is 210 g/mol. The molecule has 0 aromatic heterocycles. The van der Waals surface area contributed by atoms with Crippen LogP contribution < -0.4 is 10.1 Å². The van der Waals surface area contributed by atoms with Crippen LogP contribution >= 0.6 is 0 Å². The van der Waals surface area contributed by atoms with E-state index in [4.69, 9.17) is 11.2 Å². The normalized spacial score (nSPS) is 22.4. The summed E-state index contributed by atoms with van der Waals surface area (Å²) in [5.41, 5.74) is 0.994. The Kier molecular flexibility index (Phi) is 3.13. The van der Waals surface area contributed by atoms with Crippen LogP contribution in [0.25, 0.3) is 0 Å². The van der Waals surface area contributed by atoms with Crippen LogP contribution in [0.3, 0.4) is 0 Å². The summed E-state index contributed by atoms with van der Waals surface area (Å²) in [6.45, 7) is 6.32. The van der Waals surface area contributed by atoms with E-state index >= 15 is 0 Å². The fourth-order valence-electron chi connectivity index (χ4n) is 2.34. The van der Waals surface area contributed by atoms with Gasteiger partial charge in [0.15, 0.2) is 0 Å². The van der Waals surface area contributed by atoms with Crippen LogP contribution in [-0.4, -0.2) is 11.6 Å². The molecule has 1 heterocycles. The average molecular weight is 229 g/mol. The van der Waals surface area contributed by atoms with E-state index < -0.39 is 0 Å². The molecule has 0 fully saturated rings. The summed E-state index contributed by atoms with van der Waals surface area (Å²) in [6, 6.07) is 8.67. The van der Waals surface area contributed by atoms with Gasteiger partial charge in [-0.15, -0.1) is 12.3 Å². The largest absolute Gasteiger partial charge is 0.486 e. The first-order chi connectivity index (χ1) is 8.04. The number of ether oxygens (including phenoxy) is 1. The van der Waals surface area contributed by atoms with Crippen LogP contribution in [0, 0.1) is 12.3 Å². The van der Waals surface area contributed by atoms with Gasteiger partial charge in [0.05, 0.1) is 6.04 Å². The van der Waals surface area contributed by atoms with Crippen molar-refractivity contribution in [3.63, 3.8) is 0 Å². The maximum absolute atomic E-state index is 5.97. The van der Waals surface area contributed by atoms with Crippen molar-refractivity contribution in [1.29, 1.82) is 0 Å². The fourth-order valence-corrected chi connectivity index (χ4v) is 2.34. The molecule has 0 amide bonds. The van der Waals surface area contributed by atoms with E-state index in [1.54, 1.807) is 0 Å². The number of para-hydroxylation sites is 1. The summed E-state index contributed by atoms with van der Waals surface area (Å²) in [6.07, 6.45) is 6.08. The number of hydrogen-bond acceptors (Lipinski definition) is 2. The monoisotopic (exact) mass is 229 g/mol. The molecule has 0 saturated carbocycles. The van der Waals surface area contributed by atoms with Crippen LogP contribution in [0.15, 0.2) is 24.3 Å². The van der Waals surface area contributed by atoms with Gasteiger partial charge >= 0.3 is 0 Å². The van der Waals surface area contributed by atoms with E-state index in [2.05, 4.69) is 38.1 Å². The first-order valence-electron chi connectivity index (χ1n) is 6.02. The van der Waals surface area contributed by atoms with E-state index in [-0.39, 0.29) is 11.6 Å². The van der Waals surface area contributed by atoms with E-state index in [0.29, 0.717) is 6.04 Å². The molecule has 17 heavy (non-hydrogen) atoms. The summed E-state index contributed by atoms with van der Waals surface area (Å²) in [4.78, 5) is 0. The molecule has 2 nitrogen and oxygen atoms in total. The number of nitrogens with one attached hydrogen (secondary N) is 1. The van der Waals surface area contributed by atoms with Gasteiger partial charge in [0.2, 0.25) is 0 Å². The topological polar surface area (TPSA) is 21.3 Å². The summed E-state index contributed by atoms with van der Waals surface area (Å²) in [5, 5.41) is 3.56. The van der Waals surface area contributed by atoms with Crippen molar-refractivity contribution in [2.45, 2.75) is 44.9 Å². The zero-order chi connectivity index (χ0) is 12.5. The molecule has 1 N–H and O–H groups in total. The van der Waals surface area contributed by atoms with E-state index in [1.165, 1.54) is 5.56 Å². The Morgan fingerprint density at radius 2 is 2.18 bits per heavy atom. The second kappa shape index (κ2) is 4.43. The molecule has 2 rings (SSSR count). The molecular formula is C15H19NO. The van der Waals surface area contributed by atoms with Gasteiger partial charge in [-0.2, -0.15) is 0 Å². The van der Waals surface area contributed by atoms with Gasteiger partial charge in [-0.05, 0) is 26.8 Å². The Morgan fingerprint density at radius 1 is 1.47 bits per heavy atom. The number of hydrogen-bond donors (Lipinski definition) is 1. The van der Waals surface area contributed by atoms with Crippen LogP contribution in [0.2, 0.25) is 0 Å². The highest BCUT2D eigenvalue weighted by molar-refractivity contribution is 5.42. The summed E-state index contributed by atoms with van der Waals surface area (Å²) < 4.78 is 5.97. The van der Waals surface area contributed by atoms with Crippen LogP contribution in [-0.2, 0) is 0 Å². The van der Waals surface area contributed by atoms with E-state index in [9.17, 15) is 0 Å². The first-order valence-corrected chi connectivity index (χ1v) is 6.02. The smallest absolute Gasteiger partial charge is 0.125 e. The van der Waals surface area contributed by atoms with Crippen molar-refractivity contribution in [3.8, 4) is 18.1 Å². The lowest BCUT2D eigenvalue weighted by Gasteiger charge is -2.29. The zero-order valence-electron chi connectivity index (χ0n) is 10.7. The van der Waals surface area contributed by atoms with Crippen LogP contribution in [0.4, 0.5) is 0 Å². The lowest BCUT2D eigenvalue weighted by atomic mass is 9.93. The maximum atomic E-state index is 5.97. The molecule has 2 atom stereocenters. The second-order valence-electron chi connectivity index (χ2n) is 5.15. The van der Waals surface area contributed by atoms with Gasteiger partial charge in [0.25, 0.3) is 0 Å². The van der Waals surface area contributed by atoms with Crippen molar-refractivity contribution in [1.82, 2.24) is 5.32 Å². The summed E-state index contributed by atoms with van der Waals surface area (Å²) in [5.74, 6) is 3.66. The van der Waals surface area contributed by atoms with Gasteiger partial charge in [-0.3, -0.25) is 0 Å². The number of rotatable bonds is 3. The minimum Gasteiger partial charge on any atom is -0.486 e. The predicted octanol–water partition coefficient (Wildman–Crippen LogP) is 2.90. The van der Waals surface area contributed by atoms with E-state index in [1.807, 2.05) is 18.2 Å². The van der Waals surface area contributed by atoms with Gasteiger partial charge in [-0.1, -0.05) is 18.2 Å². The zero-order valence-corrected chi connectivity index (χ0v) is 10.7. The minimum atomic E-state index is -0.230. The lowest BCUT2D eigenvalue weighted by molar-refractivity contribution is 0.0921. The Balaban J connectivity index is 2.23. The van der Waals surface area contributed by atoms with E-state index in [0.717, 1.165) is 12.2 Å². The molecule has 90 valence electrons. The predicted molar refractivity (Wildman–Crippen MR) is 69.9 cm³/mol. The molecule has 0 saturated heterocycles. The quantitative estimate of drug-likeness (QED) is 0.805. The van der Waals surface area contributed by atoms with Crippen molar-refractivity contribution in [3.05, 3.63) is 29.8 Å². The van der Waals surface area contributed by atoms with Gasteiger partial charge in [0.1, 0.15) is 11.4 Å². The summed E-state index contributed by atoms with van der Waals surface area (Å²) >= 11 is 0. The third-order valence-electron chi connectivity index (χ3n) is 3.17. The number of benzene rings is 1. The van der Waals surface area contributed by atoms with Crippen LogP contribution in [0.1, 0.15) is 38.8 Å². The second-order valence-corrected chi connectivity index (χ2v) is 5.15. The molecule has 1 aromatic carbocycles. The van der Waals surface area contributed by atoms with Crippen molar-refractivity contribution in [2.24, 2.45) is 0 Å². The highest BCUT2D eigenvalue weighted by atomic mass is 16.5. The van der Waals surface area contributed by atoms with Crippen molar-refractivity contribution >= 4 is 0 Å². The van der Waals surface area contributed by atoms with Gasteiger partial charge < -0.3 is 10.1 Å². The van der Waals surface area contributed by atoms with Crippen molar-refractivity contribution < 1.29 is 4.74 Å². The molecule has 0 aliphatic carbocycles. The molecule has 0 spiro atoms. The van der Waals surface area contributed by atoms with Crippen LogP contribution in [0.5, 0.6) is 5.75 Å². The first kappa shape index (κ1) is 12.0. The molecule has 1 aromatic rings. The highest BCUT2D eigenvalue weighted by Crippen LogP contribution is 2.42. The van der Waals surface area contributed by atoms with Gasteiger partial charge in [0, 0.05) is 18.0 Å². The molecule has 0 radical (unpaired) electrons. The van der Waals surface area contributed by atoms with Gasteiger partial charge in [-0.25, -0.2) is 0 Å². The Bertz CT molecular complexity index is 444. The Morgan fingerprint density at radius 3 is 2.88 bits per heavy atom. The minimum absolute atomic E-state index is 0.196. The maximum Gasteiger partial charge on any atom is 0.125 e. The third kappa shape index (κ3) is 2.30. The Labute approximate surface area is 103 Å². The lowest BCUT2D eigenvalue weighted by Crippen LogP contribution is -2.42. The molecule has 2 heteroatoms. The molecule has 1 aliphatic rings. The molecule has 0 bridgehead atoms. The average Bonchev–Trinajstić information content (AvgIpc) is 2.51. The summed E-state index contributed by atoms with van der Waals surface area (Å²) in [7, 11) is 0. The molecule has 2 unspecified atom stereocenters. The SMILES string of the molecule is C#CCC(C)NC1c2ccccc2OC1(C)C.